The second kappa shape index (κ2) is 7.12. The minimum atomic E-state index is 0. The van der Waals surface area contributed by atoms with Crippen molar-refractivity contribution in [3.05, 3.63) is 35.4 Å². The first-order valence-electron chi connectivity index (χ1n) is 6.78. The first-order valence-corrected chi connectivity index (χ1v) is 6.78. The summed E-state index contributed by atoms with van der Waals surface area (Å²) in [5.41, 5.74) is 8.91. The number of benzene rings is 1. The molecule has 0 radical (unpaired) electrons. The van der Waals surface area contributed by atoms with Crippen LogP contribution < -0.4 is 11.1 Å². The predicted octanol–water partition coefficient (Wildman–Crippen LogP) is 2.96. The van der Waals surface area contributed by atoms with Gasteiger partial charge in [0.2, 0.25) is 0 Å². The Morgan fingerprint density at radius 3 is 2.63 bits per heavy atom. The topological polar surface area (TPSA) is 50.4 Å². The molecule has 1 aliphatic carbocycles. The summed E-state index contributed by atoms with van der Waals surface area (Å²) in [6.07, 6.45) is 3.52. The summed E-state index contributed by atoms with van der Waals surface area (Å²) in [6.45, 7) is 6.00. The Hall–Kier alpha value is -0.780. The highest BCUT2D eigenvalue weighted by molar-refractivity contribution is 14.0. The Balaban J connectivity index is 0.00000180. The molecule has 1 saturated carbocycles. The van der Waals surface area contributed by atoms with Crippen molar-refractivity contribution in [3.63, 3.8) is 0 Å². The zero-order chi connectivity index (χ0) is 13.0. The van der Waals surface area contributed by atoms with Crippen LogP contribution in [0.25, 0.3) is 0 Å². The molecule has 4 heteroatoms. The molecule has 1 aromatic carbocycles. The van der Waals surface area contributed by atoms with Gasteiger partial charge in [0.25, 0.3) is 0 Å². The number of hydrogen-bond acceptors (Lipinski definition) is 1. The maximum Gasteiger partial charge on any atom is 0.188 e. The molecular weight excluding hydrogens is 349 g/mol. The van der Waals surface area contributed by atoms with E-state index in [0.717, 1.165) is 19.5 Å². The minimum Gasteiger partial charge on any atom is -0.370 e. The molecule has 1 aromatic rings. The number of guanidine groups is 1. The van der Waals surface area contributed by atoms with E-state index in [9.17, 15) is 0 Å². The quantitative estimate of drug-likeness (QED) is 0.474. The Labute approximate surface area is 133 Å². The van der Waals surface area contributed by atoms with E-state index in [4.69, 9.17) is 5.73 Å². The summed E-state index contributed by atoms with van der Waals surface area (Å²) in [7, 11) is 0. The SMILES string of the molecule is CCCNC(N)=NCC1(c2ccccc2C)CC1.I. The van der Waals surface area contributed by atoms with Crippen molar-refractivity contribution >= 4 is 29.9 Å². The molecule has 0 aliphatic heterocycles. The van der Waals surface area contributed by atoms with Crippen LogP contribution >= 0.6 is 24.0 Å². The normalized spacial score (nSPS) is 16.6. The van der Waals surface area contributed by atoms with E-state index >= 15 is 0 Å². The fourth-order valence-electron chi connectivity index (χ4n) is 2.38. The molecule has 0 aromatic heterocycles. The summed E-state index contributed by atoms with van der Waals surface area (Å²) < 4.78 is 0. The van der Waals surface area contributed by atoms with Crippen LogP contribution in [0.2, 0.25) is 0 Å². The van der Waals surface area contributed by atoms with Gasteiger partial charge in [-0.1, -0.05) is 31.2 Å². The van der Waals surface area contributed by atoms with Crippen LogP contribution in [-0.2, 0) is 5.41 Å². The Bertz CT molecular complexity index is 439. The van der Waals surface area contributed by atoms with Crippen LogP contribution in [0.5, 0.6) is 0 Å². The Morgan fingerprint density at radius 1 is 1.37 bits per heavy atom. The maximum absolute atomic E-state index is 5.85. The third kappa shape index (κ3) is 4.09. The van der Waals surface area contributed by atoms with Crippen LogP contribution in [0.1, 0.15) is 37.3 Å². The van der Waals surface area contributed by atoms with Gasteiger partial charge in [0.1, 0.15) is 0 Å². The van der Waals surface area contributed by atoms with E-state index in [2.05, 4.69) is 48.4 Å². The van der Waals surface area contributed by atoms with Crippen LogP contribution in [0.15, 0.2) is 29.3 Å². The zero-order valence-corrected chi connectivity index (χ0v) is 14.1. The van der Waals surface area contributed by atoms with Crippen molar-refractivity contribution < 1.29 is 0 Å². The smallest absolute Gasteiger partial charge is 0.188 e. The molecule has 106 valence electrons. The van der Waals surface area contributed by atoms with Gasteiger partial charge in [0.15, 0.2) is 5.96 Å². The average Bonchev–Trinajstić information content (AvgIpc) is 3.15. The zero-order valence-electron chi connectivity index (χ0n) is 11.8. The lowest BCUT2D eigenvalue weighted by Gasteiger charge is -2.16. The average molecular weight is 373 g/mol. The van der Waals surface area contributed by atoms with Crippen molar-refractivity contribution in [2.45, 2.75) is 38.5 Å². The molecule has 19 heavy (non-hydrogen) atoms. The fourth-order valence-corrected chi connectivity index (χ4v) is 2.38. The summed E-state index contributed by atoms with van der Waals surface area (Å²) in [5, 5.41) is 3.13. The van der Waals surface area contributed by atoms with E-state index in [1.165, 1.54) is 24.0 Å². The van der Waals surface area contributed by atoms with E-state index in [-0.39, 0.29) is 29.4 Å². The molecule has 1 fully saturated rings. The number of halogens is 1. The van der Waals surface area contributed by atoms with Crippen LogP contribution in [0, 0.1) is 6.92 Å². The van der Waals surface area contributed by atoms with E-state index in [0.29, 0.717) is 5.96 Å². The molecule has 0 saturated heterocycles. The summed E-state index contributed by atoms with van der Waals surface area (Å²) >= 11 is 0. The molecule has 0 amide bonds. The highest BCUT2D eigenvalue weighted by atomic mass is 127. The van der Waals surface area contributed by atoms with Crippen molar-refractivity contribution in [2.75, 3.05) is 13.1 Å². The number of nitrogens with two attached hydrogens (primary N) is 1. The number of hydrogen-bond donors (Lipinski definition) is 2. The van der Waals surface area contributed by atoms with Crippen LogP contribution in [0.4, 0.5) is 0 Å². The Morgan fingerprint density at radius 2 is 2.05 bits per heavy atom. The van der Waals surface area contributed by atoms with Gasteiger partial charge in [-0.25, -0.2) is 0 Å². The highest BCUT2D eigenvalue weighted by Gasteiger charge is 2.44. The lowest BCUT2D eigenvalue weighted by atomic mass is 9.92. The molecule has 0 unspecified atom stereocenters. The van der Waals surface area contributed by atoms with Gasteiger partial charge >= 0.3 is 0 Å². The molecule has 2 rings (SSSR count). The molecule has 3 N–H and O–H groups in total. The second-order valence-corrected chi connectivity index (χ2v) is 5.22. The van der Waals surface area contributed by atoms with Gasteiger partial charge in [-0.2, -0.15) is 0 Å². The number of aliphatic imine (C=N–C) groups is 1. The van der Waals surface area contributed by atoms with Gasteiger partial charge in [-0.05, 0) is 37.3 Å². The highest BCUT2D eigenvalue weighted by Crippen LogP contribution is 2.49. The van der Waals surface area contributed by atoms with Crippen LogP contribution in [0.3, 0.4) is 0 Å². The monoisotopic (exact) mass is 373 g/mol. The van der Waals surface area contributed by atoms with Gasteiger partial charge < -0.3 is 11.1 Å². The first-order chi connectivity index (χ1) is 8.68. The first kappa shape index (κ1) is 16.3. The largest absolute Gasteiger partial charge is 0.370 e. The molecule has 3 nitrogen and oxygen atoms in total. The predicted molar refractivity (Wildman–Crippen MR) is 92.3 cm³/mol. The number of nitrogens with zero attached hydrogens (tertiary/aromatic N) is 1. The second-order valence-electron chi connectivity index (χ2n) is 5.22. The van der Waals surface area contributed by atoms with Gasteiger partial charge in [0, 0.05) is 12.0 Å². The third-order valence-electron chi connectivity index (χ3n) is 3.68. The van der Waals surface area contributed by atoms with Crippen molar-refractivity contribution in [3.8, 4) is 0 Å². The number of rotatable bonds is 5. The van der Waals surface area contributed by atoms with E-state index in [1.807, 2.05) is 0 Å². The number of aryl methyl sites for hydroxylation is 1. The van der Waals surface area contributed by atoms with Crippen molar-refractivity contribution in [2.24, 2.45) is 10.7 Å². The molecule has 0 bridgehead atoms. The summed E-state index contributed by atoms with van der Waals surface area (Å²) in [5.74, 6) is 0.580. The van der Waals surface area contributed by atoms with Gasteiger partial charge in [-0.3, -0.25) is 4.99 Å². The van der Waals surface area contributed by atoms with E-state index < -0.39 is 0 Å². The lowest BCUT2D eigenvalue weighted by Crippen LogP contribution is -2.33. The molecule has 1 aliphatic rings. The summed E-state index contributed by atoms with van der Waals surface area (Å²) in [6, 6.07) is 8.62. The maximum atomic E-state index is 5.85. The lowest BCUT2D eigenvalue weighted by molar-refractivity contribution is 0.694. The molecular formula is C15H24IN3. The minimum absolute atomic E-state index is 0. The fraction of sp³-hybridized carbons (Fsp3) is 0.533. The molecule has 0 spiro atoms. The van der Waals surface area contributed by atoms with Crippen molar-refractivity contribution in [1.29, 1.82) is 0 Å². The van der Waals surface area contributed by atoms with Crippen molar-refractivity contribution in [1.82, 2.24) is 5.32 Å². The van der Waals surface area contributed by atoms with Gasteiger partial charge in [-0.15, -0.1) is 24.0 Å². The van der Waals surface area contributed by atoms with Crippen LogP contribution in [-0.4, -0.2) is 19.0 Å². The molecule has 0 atom stereocenters. The standard InChI is InChI=1S/C15H23N3.HI/c1-3-10-17-14(16)18-11-15(8-9-15)13-7-5-4-6-12(13)2;/h4-7H,3,8-11H2,1-2H3,(H3,16,17,18);1H. The third-order valence-corrected chi connectivity index (χ3v) is 3.68. The van der Waals surface area contributed by atoms with Gasteiger partial charge in [0.05, 0.1) is 6.54 Å². The molecule has 0 heterocycles. The Kier molecular flexibility index (Phi) is 6.10. The van der Waals surface area contributed by atoms with E-state index in [1.54, 1.807) is 0 Å². The number of nitrogens with one attached hydrogen (secondary N) is 1. The summed E-state index contributed by atoms with van der Waals surface area (Å²) in [4.78, 5) is 4.50.